The van der Waals surface area contributed by atoms with Crippen LogP contribution in [0.1, 0.15) is 13.8 Å². The first-order valence-electron chi connectivity index (χ1n) is 3.89. The second-order valence-corrected chi connectivity index (χ2v) is 3.60. The third kappa shape index (κ3) is 2.30. The van der Waals surface area contributed by atoms with Gasteiger partial charge < -0.3 is 4.57 Å². The van der Waals surface area contributed by atoms with Gasteiger partial charge in [0.05, 0.1) is 0 Å². The summed E-state index contributed by atoms with van der Waals surface area (Å²) in [6.07, 6.45) is 1.72. The molecule has 0 saturated carbocycles. The van der Waals surface area contributed by atoms with Crippen molar-refractivity contribution < 1.29 is 0 Å². The third-order valence-corrected chi connectivity index (χ3v) is 1.70. The molecule has 3 nitrogen and oxygen atoms in total. The maximum atomic E-state index is 11.2. The van der Waals surface area contributed by atoms with E-state index in [0.717, 1.165) is 6.54 Å². The fraction of sp³-hybridized carbons (Fsp3) is 0.500. The second kappa shape index (κ2) is 3.67. The largest absolute Gasteiger partial charge is 0.326 e. The SMILES string of the molecule is CC(C)Cn1ccc(=S)[nH]c1=O. The van der Waals surface area contributed by atoms with E-state index in [1.165, 1.54) is 0 Å². The van der Waals surface area contributed by atoms with E-state index >= 15 is 0 Å². The average Bonchev–Trinajstić information content (AvgIpc) is 1.94. The van der Waals surface area contributed by atoms with Gasteiger partial charge in [-0.25, -0.2) is 4.79 Å². The molecule has 0 aliphatic rings. The Kier molecular flexibility index (Phi) is 2.81. The Hall–Kier alpha value is -0.900. The van der Waals surface area contributed by atoms with E-state index in [9.17, 15) is 4.79 Å². The monoisotopic (exact) mass is 184 g/mol. The molecule has 0 amide bonds. The van der Waals surface area contributed by atoms with Crippen molar-refractivity contribution in [2.45, 2.75) is 20.4 Å². The van der Waals surface area contributed by atoms with Crippen LogP contribution < -0.4 is 5.69 Å². The third-order valence-electron chi connectivity index (χ3n) is 1.46. The van der Waals surface area contributed by atoms with Crippen LogP contribution in [0, 0.1) is 10.6 Å². The Morgan fingerprint density at radius 2 is 2.33 bits per heavy atom. The molecule has 1 heterocycles. The lowest BCUT2D eigenvalue weighted by atomic mass is 10.2. The molecule has 66 valence electrons. The van der Waals surface area contributed by atoms with E-state index in [1.807, 2.05) is 0 Å². The van der Waals surface area contributed by atoms with Gasteiger partial charge in [0.25, 0.3) is 0 Å². The summed E-state index contributed by atoms with van der Waals surface area (Å²) in [6, 6.07) is 1.72. The molecule has 4 heteroatoms. The van der Waals surface area contributed by atoms with Gasteiger partial charge in [0.1, 0.15) is 4.64 Å². The van der Waals surface area contributed by atoms with E-state index in [-0.39, 0.29) is 5.69 Å². The first-order valence-corrected chi connectivity index (χ1v) is 4.30. The van der Waals surface area contributed by atoms with Crippen molar-refractivity contribution in [1.82, 2.24) is 9.55 Å². The molecule has 1 aromatic rings. The number of hydrogen-bond acceptors (Lipinski definition) is 2. The zero-order chi connectivity index (χ0) is 9.14. The normalized spacial score (nSPS) is 10.6. The van der Waals surface area contributed by atoms with Crippen LogP contribution in [0.2, 0.25) is 0 Å². The van der Waals surface area contributed by atoms with Gasteiger partial charge in [-0.3, -0.25) is 4.98 Å². The fourth-order valence-electron chi connectivity index (χ4n) is 0.981. The number of hydrogen-bond donors (Lipinski definition) is 1. The van der Waals surface area contributed by atoms with Crippen LogP contribution in [0.4, 0.5) is 0 Å². The molecular weight excluding hydrogens is 172 g/mol. The molecule has 12 heavy (non-hydrogen) atoms. The van der Waals surface area contributed by atoms with Crippen molar-refractivity contribution in [3.63, 3.8) is 0 Å². The number of aromatic amines is 1. The van der Waals surface area contributed by atoms with Crippen molar-refractivity contribution in [3.05, 3.63) is 27.4 Å². The van der Waals surface area contributed by atoms with Gasteiger partial charge in [0, 0.05) is 12.7 Å². The van der Waals surface area contributed by atoms with Crippen LogP contribution in [-0.2, 0) is 6.54 Å². The topological polar surface area (TPSA) is 37.8 Å². The lowest BCUT2D eigenvalue weighted by Gasteiger charge is -2.06. The predicted octanol–water partition coefficient (Wildman–Crippen LogP) is 1.56. The standard InChI is InChI=1S/C8H12N2OS/c1-6(2)5-10-4-3-7(12)9-8(10)11/h3-4,6H,5H2,1-2H3,(H,9,11,12). The summed E-state index contributed by atoms with van der Waals surface area (Å²) < 4.78 is 2.11. The highest BCUT2D eigenvalue weighted by Gasteiger charge is 1.97. The summed E-state index contributed by atoms with van der Waals surface area (Å²) in [5, 5.41) is 0. The zero-order valence-corrected chi connectivity index (χ0v) is 8.02. The molecule has 0 atom stereocenters. The van der Waals surface area contributed by atoms with Crippen LogP contribution in [0.5, 0.6) is 0 Å². The van der Waals surface area contributed by atoms with Crippen molar-refractivity contribution in [2.24, 2.45) is 5.92 Å². The van der Waals surface area contributed by atoms with Gasteiger partial charge in [0.15, 0.2) is 0 Å². The van der Waals surface area contributed by atoms with Gasteiger partial charge in [-0.2, -0.15) is 0 Å². The van der Waals surface area contributed by atoms with Gasteiger partial charge in [-0.15, -0.1) is 0 Å². The summed E-state index contributed by atoms with van der Waals surface area (Å²) in [6.45, 7) is 4.85. The van der Waals surface area contributed by atoms with Gasteiger partial charge in [-0.05, 0) is 12.0 Å². The number of rotatable bonds is 2. The quantitative estimate of drug-likeness (QED) is 0.708. The highest BCUT2D eigenvalue weighted by atomic mass is 32.1. The molecule has 0 unspecified atom stereocenters. The lowest BCUT2D eigenvalue weighted by Crippen LogP contribution is -2.24. The Labute approximate surface area is 76.1 Å². The summed E-state index contributed by atoms with van der Waals surface area (Å²) in [5.41, 5.74) is -0.129. The molecular formula is C8H12N2OS. The van der Waals surface area contributed by atoms with Crippen LogP contribution in [0.3, 0.4) is 0 Å². The van der Waals surface area contributed by atoms with E-state index in [0.29, 0.717) is 10.6 Å². The minimum atomic E-state index is -0.129. The Balaban J connectivity index is 3.02. The number of aromatic nitrogens is 2. The molecule has 0 bridgehead atoms. The van der Waals surface area contributed by atoms with Gasteiger partial charge in [0.2, 0.25) is 0 Å². The van der Waals surface area contributed by atoms with Gasteiger partial charge >= 0.3 is 5.69 Å². The summed E-state index contributed by atoms with van der Waals surface area (Å²) >= 11 is 4.80. The smallest absolute Gasteiger partial charge is 0.300 e. The second-order valence-electron chi connectivity index (χ2n) is 3.16. The Bertz CT molecular complexity index is 364. The van der Waals surface area contributed by atoms with E-state index in [1.54, 1.807) is 16.8 Å². The van der Waals surface area contributed by atoms with Crippen LogP contribution >= 0.6 is 12.2 Å². The zero-order valence-electron chi connectivity index (χ0n) is 7.20. The van der Waals surface area contributed by atoms with Crippen molar-refractivity contribution >= 4 is 12.2 Å². The summed E-state index contributed by atoms with van der Waals surface area (Å²) in [7, 11) is 0. The van der Waals surface area contributed by atoms with E-state index in [4.69, 9.17) is 12.2 Å². The summed E-state index contributed by atoms with van der Waals surface area (Å²) in [4.78, 5) is 13.8. The van der Waals surface area contributed by atoms with Crippen molar-refractivity contribution in [3.8, 4) is 0 Å². The van der Waals surface area contributed by atoms with Crippen LogP contribution in [0.15, 0.2) is 17.1 Å². The lowest BCUT2D eigenvalue weighted by molar-refractivity contribution is 0.502. The maximum Gasteiger partial charge on any atom is 0.326 e. The molecule has 0 aliphatic heterocycles. The Morgan fingerprint density at radius 1 is 1.67 bits per heavy atom. The molecule has 0 radical (unpaired) electrons. The summed E-state index contributed by atoms with van der Waals surface area (Å²) in [5.74, 6) is 0.465. The van der Waals surface area contributed by atoms with Crippen molar-refractivity contribution in [2.75, 3.05) is 0 Å². The number of H-pyrrole nitrogens is 1. The van der Waals surface area contributed by atoms with Crippen LogP contribution in [0.25, 0.3) is 0 Å². The molecule has 0 fully saturated rings. The highest BCUT2D eigenvalue weighted by molar-refractivity contribution is 7.71. The Morgan fingerprint density at radius 3 is 2.83 bits per heavy atom. The molecule has 0 spiro atoms. The molecule has 1 aromatic heterocycles. The minimum absolute atomic E-state index is 0.129. The highest BCUT2D eigenvalue weighted by Crippen LogP contribution is 1.94. The van der Waals surface area contributed by atoms with E-state index in [2.05, 4.69) is 18.8 Å². The van der Waals surface area contributed by atoms with Crippen LogP contribution in [-0.4, -0.2) is 9.55 Å². The van der Waals surface area contributed by atoms with E-state index < -0.39 is 0 Å². The maximum absolute atomic E-state index is 11.2. The fourth-order valence-corrected chi connectivity index (χ4v) is 1.13. The predicted molar refractivity (Wildman–Crippen MR) is 50.7 cm³/mol. The molecule has 1 N–H and O–H groups in total. The number of nitrogens with one attached hydrogen (secondary N) is 1. The molecule has 1 rings (SSSR count). The first kappa shape index (κ1) is 9.19. The van der Waals surface area contributed by atoms with Crippen molar-refractivity contribution in [1.29, 1.82) is 0 Å². The molecule has 0 saturated heterocycles. The van der Waals surface area contributed by atoms with Gasteiger partial charge in [-0.1, -0.05) is 26.1 Å². The first-order chi connectivity index (χ1) is 5.59. The minimum Gasteiger partial charge on any atom is -0.300 e. The molecule has 0 aromatic carbocycles. The number of nitrogens with zero attached hydrogens (tertiary/aromatic N) is 1. The average molecular weight is 184 g/mol. The molecule has 0 aliphatic carbocycles.